The maximum Gasteiger partial charge on any atom is 0.120 e. The minimum absolute atomic E-state index is 0.668. The Morgan fingerprint density at radius 3 is 2.94 bits per heavy atom. The van der Waals surface area contributed by atoms with Gasteiger partial charge in [0.05, 0.1) is 23.5 Å². The molecule has 1 saturated carbocycles. The third kappa shape index (κ3) is 2.69. The standard InChI is InChI=1S/C13H13Cl2N3/c14-8-1-4-11(15)10(5-8)12-6-17-13(18-12)7-16-9-2-3-9/h1,4-6,9,16H,2-3,7H2,(H,17,18). The van der Waals surface area contributed by atoms with E-state index in [2.05, 4.69) is 15.3 Å². The Bertz CT molecular complexity index is 561. The highest BCUT2D eigenvalue weighted by atomic mass is 35.5. The summed E-state index contributed by atoms with van der Waals surface area (Å²) < 4.78 is 0. The Labute approximate surface area is 116 Å². The molecule has 1 heterocycles. The van der Waals surface area contributed by atoms with Gasteiger partial charge in [0.2, 0.25) is 0 Å². The molecule has 5 heteroatoms. The summed E-state index contributed by atoms with van der Waals surface area (Å²) in [6, 6.07) is 6.09. The van der Waals surface area contributed by atoms with E-state index in [1.165, 1.54) is 12.8 Å². The zero-order chi connectivity index (χ0) is 12.5. The van der Waals surface area contributed by atoms with Gasteiger partial charge in [0.15, 0.2) is 0 Å². The number of imidazole rings is 1. The average molecular weight is 282 g/mol. The maximum atomic E-state index is 6.16. The minimum Gasteiger partial charge on any atom is -0.341 e. The molecule has 0 amide bonds. The molecule has 0 unspecified atom stereocenters. The van der Waals surface area contributed by atoms with Crippen LogP contribution in [0.2, 0.25) is 10.0 Å². The molecule has 1 aromatic carbocycles. The van der Waals surface area contributed by atoms with Gasteiger partial charge in [0.25, 0.3) is 0 Å². The van der Waals surface area contributed by atoms with E-state index in [0.717, 1.165) is 23.6 Å². The van der Waals surface area contributed by atoms with Gasteiger partial charge >= 0.3 is 0 Å². The van der Waals surface area contributed by atoms with Gasteiger partial charge in [-0.15, -0.1) is 0 Å². The first-order valence-corrected chi connectivity index (χ1v) is 6.70. The molecule has 0 aliphatic heterocycles. The van der Waals surface area contributed by atoms with E-state index in [0.29, 0.717) is 16.1 Å². The second-order valence-electron chi connectivity index (χ2n) is 4.52. The Morgan fingerprint density at radius 2 is 2.17 bits per heavy atom. The molecule has 0 saturated heterocycles. The fourth-order valence-electron chi connectivity index (χ4n) is 1.82. The third-order valence-corrected chi connectivity index (χ3v) is 3.55. The number of rotatable bonds is 4. The van der Waals surface area contributed by atoms with Crippen molar-refractivity contribution in [3.63, 3.8) is 0 Å². The highest BCUT2D eigenvalue weighted by molar-refractivity contribution is 6.35. The Hall–Kier alpha value is -1.03. The lowest BCUT2D eigenvalue weighted by molar-refractivity contribution is 0.664. The number of aromatic nitrogens is 2. The summed E-state index contributed by atoms with van der Waals surface area (Å²) in [6.07, 6.45) is 4.34. The van der Waals surface area contributed by atoms with E-state index in [-0.39, 0.29) is 0 Å². The molecule has 1 aromatic heterocycles. The predicted octanol–water partition coefficient (Wildman–Crippen LogP) is 3.64. The molecular weight excluding hydrogens is 269 g/mol. The van der Waals surface area contributed by atoms with Gasteiger partial charge in [-0.2, -0.15) is 0 Å². The molecule has 2 N–H and O–H groups in total. The van der Waals surface area contributed by atoms with Crippen LogP contribution < -0.4 is 5.32 Å². The SMILES string of the molecule is Clc1ccc(Cl)c(-c2cnc(CNC3CC3)[nH]2)c1. The fraction of sp³-hybridized carbons (Fsp3) is 0.308. The van der Waals surface area contributed by atoms with Gasteiger partial charge in [-0.1, -0.05) is 23.2 Å². The highest BCUT2D eigenvalue weighted by Crippen LogP contribution is 2.29. The second kappa shape index (κ2) is 4.92. The molecule has 94 valence electrons. The van der Waals surface area contributed by atoms with Crippen molar-refractivity contribution in [2.75, 3.05) is 0 Å². The number of halogens is 2. The average Bonchev–Trinajstić information content (AvgIpc) is 3.08. The molecule has 1 aliphatic carbocycles. The predicted molar refractivity (Wildman–Crippen MR) is 73.9 cm³/mol. The van der Waals surface area contributed by atoms with Crippen LogP contribution >= 0.6 is 23.2 Å². The summed E-state index contributed by atoms with van der Waals surface area (Å²) in [7, 11) is 0. The summed E-state index contributed by atoms with van der Waals surface area (Å²) in [4.78, 5) is 7.61. The van der Waals surface area contributed by atoms with Crippen LogP contribution in [0.15, 0.2) is 24.4 Å². The number of aromatic amines is 1. The van der Waals surface area contributed by atoms with Crippen molar-refractivity contribution in [2.24, 2.45) is 0 Å². The lowest BCUT2D eigenvalue weighted by Gasteiger charge is -2.02. The maximum absolute atomic E-state index is 6.16. The monoisotopic (exact) mass is 281 g/mol. The molecular formula is C13H13Cl2N3. The van der Waals surface area contributed by atoms with Gasteiger partial charge in [0, 0.05) is 16.6 Å². The Morgan fingerprint density at radius 1 is 1.33 bits per heavy atom. The van der Waals surface area contributed by atoms with Crippen LogP contribution in [0.4, 0.5) is 0 Å². The van der Waals surface area contributed by atoms with Crippen LogP contribution in [0.1, 0.15) is 18.7 Å². The van der Waals surface area contributed by atoms with Crippen LogP contribution in [0.5, 0.6) is 0 Å². The van der Waals surface area contributed by atoms with E-state index in [1.54, 1.807) is 18.3 Å². The molecule has 3 nitrogen and oxygen atoms in total. The topological polar surface area (TPSA) is 40.7 Å². The highest BCUT2D eigenvalue weighted by Gasteiger charge is 2.20. The van der Waals surface area contributed by atoms with Crippen molar-refractivity contribution in [2.45, 2.75) is 25.4 Å². The lowest BCUT2D eigenvalue weighted by Crippen LogP contribution is -2.16. The molecule has 1 aliphatic rings. The molecule has 2 aromatic rings. The molecule has 18 heavy (non-hydrogen) atoms. The minimum atomic E-state index is 0.668. The van der Waals surface area contributed by atoms with Crippen molar-refractivity contribution in [1.29, 1.82) is 0 Å². The van der Waals surface area contributed by atoms with E-state index in [4.69, 9.17) is 23.2 Å². The molecule has 1 fully saturated rings. The quantitative estimate of drug-likeness (QED) is 0.899. The van der Waals surface area contributed by atoms with Gasteiger partial charge in [0.1, 0.15) is 5.82 Å². The first kappa shape index (κ1) is 12.0. The fourth-order valence-corrected chi connectivity index (χ4v) is 2.21. The van der Waals surface area contributed by atoms with Crippen LogP contribution in [0.3, 0.4) is 0 Å². The normalized spacial score (nSPS) is 15.0. The van der Waals surface area contributed by atoms with Crippen molar-refractivity contribution >= 4 is 23.2 Å². The number of H-pyrrole nitrogens is 1. The number of nitrogens with zero attached hydrogens (tertiary/aromatic N) is 1. The van der Waals surface area contributed by atoms with Crippen molar-refractivity contribution in [3.8, 4) is 11.3 Å². The summed E-state index contributed by atoms with van der Waals surface area (Å²) in [5.41, 5.74) is 1.78. The van der Waals surface area contributed by atoms with Crippen molar-refractivity contribution in [1.82, 2.24) is 15.3 Å². The van der Waals surface area contributed by atoms with Gasteiger partial charge < -0.3 is 10.3 Å². The Kier molecular flexibility index (Phi) is 3.29. The summed E-state index contributed by atoms with van der Waals surface area (Å²) in [5.74, 6) is 0.924. The third-order valence-electron chi connectivity index (χ3n) is 2.98. The van der Waals surface area contributed by atoms with Crippen LogP contribution in [0, 0.1) is 0 Å². The van der Waals surface area contributed by atoms with Crippen LogP contribution in [-0.4, -0.2) is 16.0 Å². The van der Waals surface area contributed by atoms with Crippen LogP contribution in [-0.2, 0) is 6.54 Å². The summed E-state index contributed by atoms with van der Waals surface area (Å²) in [6.45, 7) is 0.767. The number of benzene rings is 1. The summed E-state index contributed by atoms with van der Waals surface area (Å²) in [5, 5.41) is 4.75. The van der Waals surface area contributed by atoms with Crippen molar-refractivity contribution in [3.05, 3.63) is 40.3 Å². The zero-order valence-corrected chi connectivity index (χ0v) is 11.2. The smallest absolute Gasteiger partial charge is 0.120 e. The van der Waals surface area contributed by atoms with Gasteiger partial charge in [-0.3, -0.25) is 0 Å². The first-order chi connectivity index (χ1) is 8.72. The Balaban J connectivity index is 1.80. The van der Waals surface area contributed by atoms with Crippen molar-refractivity contribution < 1.29 is 0 Å². The summed E-state index contributed by atoms with van der Waals surface area (Å²) >= 11 is 12.1. The molecule has 0 spiro atoms. The van der Waals surface area contributed by atoms with E-state index < -0.39 is 0 Å². The molecule has 0 bridgehead atoms. The lowest BCUT2D eigenvalue weighted by atomic mass is 10.2. The molecule has 0 radical (unpaired) electrons. The van der Waals surface area contributed by atoms with E-state index in [1.807, 2.05) is 6.07 Å². The van der Waals surface area contributed by atoms with E-state index >= 15 is 0 Å². The van der Waals surface area contributed by atoms with Gasteiger partial charge in [-0.25, -0.2) is 4.98 Å². The van der Waals surface area contributed by atoms with Crippen LogP contribution in [0.25, 0.3) is 11.3 Å². The number of hydrogen-bond acceptors (Lipinski definition) is 2. The second-order valence-corrected chi connectivity index (χ2v) is 5.37. The molecule has 0 atom stereocenters. The first-order valence-electron chi connectivity index (χ1n) is 5.95. The number of nitrogens with one attached hydrogen (secondary N) is 2. The number of hydrogen-bond donors (Lipinski definition) is 2. The largest absolute Gasteiger partial charge is 0.341 e. The zero-order valence-electron chi connectivity index (χ0n) is 9.71. The van der Waals surface area contributed by atoms with E-state index in [9.17, 15) is 0 Å². The van der Waals surface area contributed by atoms with Gasteiger partial charge in [-0.05, 0) is 31.0 Å². The molecule has 3 rings (SSSR count).